The molecule has 1 aliphatic heterocycles. The van der Waals surface area contributed by atoms with Crippen molar-refractivity contribution in [2.24, 2.45) is 16.3 Å². The first kappa shape index (κ1) is 23.9. The second-order valence-corrected chi connectivity index (χ2v) is 9.15. The molecular weight excluding hydrogens is 472 g/mol. The average molecular weight is 499 g/mol. The molecule has 2 saturated carbocycles. The number of hydrazine groups is 1. The van der Waals surface area contributed by atoms with E-state index in [1.54, 1.807) is 35.8 Å². The van der Waals surface area contributed by atoms with Gasteiger partial charge in [-0.05, 0) is 30.7 Å². The summed E-state index contributed by atoms with van der Waals surface area (Å²) in [5.41, 5.74) is 4.11. The summed E-state index contributed by atoms with van der Waals surface area (Å²) < 4.78 is 5.62. The van der Waals surface area contributed by atoms with Gasteiger partial charge in [-0.25, -0.2) is 10.4 Å². The number of carbonyl (C=O) groups excluding carboxylic acids is 2. The van der Waals surface area contributed by atoms with Gasteiger partial charge in [0.1, 0.15) is 18.3 Å². The van der Waals surface area contributed by atoms with E-state index in [-0.39, 0.29) is 34.4 Å². The topological polar surface area (TPSA) is 194 Å². The number of nitrogens with one attached hydrogen (secondary N) is 4. The van der Waals surface area contributed by atoms with Crippen molar-refractivity contribution in [1.29, 1.82) is 0 Å². The van der Waals surface area contributed by atoms with Crippen molar-refractivity contribution in [2.75, 3.05) is 24.8 Å². The molecule has 5 rings (SSSR count). The molecule has 7 N–H and O–H groups in total. The number of benzene rings is 1. The van der Waals surface area contributed by atoms with Crippen LogP contribution < -0.4 is 26.1 Å². The lowest BCUT2D eigenvalue weighted by Crippen LogP contribution is -2.48. The largest absolute Gasteiger partial charge is 0.494 e. The van der Waals surface area contributed by atoms with Gasteiger partial charge in [0, 0.05) is 24.6 Å². The fourth-order valence-corrected chi connectivity index (χ4v) is 4.39. The number of aromatic nitrogens is 2. The Morgan fingerprint density at radius 3 is 2.61 bits per heavy atom. The van der Waals surface area contributed by atoms with Crippen molar-refractivity contribution in [3.8, 4) is 5.75 Å². The minimum Gasteiger partial charge on any atom is -0.494 e. The van der Waals surface area contributed by atoms with Crippen molar-refractivity contribution in [3.05, 3.63) is 35.5 Å². The summed E-state index contributed by atoms with van der Waals surface area (Å²) in [6.45, 7) is 0. The van der Waals surface area contributed by atoms with Crippen LogP contribution in [-0.4, -0.2) is 68.9 Å². The summed E-state index contributed by atoms with van der Waals surface area (Å²) in [7, 11) is 3.29. The minimum absolute atomic E-state index is 0.0631. The molecule has 36 heavy (non-hydrogen) atoms. The van der Waals surface area contributed by atoms with E-state index in [0.29, 0.717) is 17.0 Å². The smallest absolute Gasteiger partial charge is 0.369 e. The molecule has 1 spiro atoms. The zero-order valence-electron chi connectivity index (χ0n) is 19.5. The monoisotopic (exact) mass is 498 g/mol. The molecule has 2 aliphatic carbocycles. The SMILES string of the molecule is COc1c(Nc2cc(NC(=O)[C@@H]3CC34CC4)nnc2C(=O)NC(O)(O)O)cccc1C1N=CN(C)N1. The van der Waals surface area contributed by atoms with E-state index >= 15 is 0 Å². The number of aliphatic imine (C=N–C) groups is 1. The predicted octanol–water partition coefficient (Wildman–Crippen LogP) is -0.238. The fourth-order valence-electron chi connectivity index (χ4n) is 4.39. The summed E-state index contributed by atoms with van der Waals surface area (Å²) in [6, 6.07) is 6.67. The lowest BCUT2D eigenvalue weighted by atomic mass is 10.1. The van der Waals surface area contributed by atoms with E-state index in [9.17, 15) is 24.9 Å². The number of anilines is 3. The van der Waals surface area contributed by atoms with Crippen LogP contribution in [0.25, 0.3) is 0 Å². The standard InChI is InChI=1S/C22H26N8O6/c1-30-10-23-18(29-30)11-4-3-5-13(17(11)36-2)24-14-8-15(25-19(31)12-9-21(12)6-7-21)27-28-16(14)20(32)26-22(33,34)35/h3-5,8,10,12,18,29,33-35H,6-7,9H2,1-2H3,(H,26,32)(H2,24,25,27,31)/t12-,18?/m0/s1. The Balaban J connectivity index is 1.46. The number of rotatable bonds is 8. The number of ether oxygens (including phenoxy) is 1. The number of para-hydroxylation sites is 1. The molecule has 0 radical (unpaired) electrons. The second-order valence-electron chi connectivity index (χ2n) is 9.15. The third-order valence-corrected chi connectivity index (χ3v) is 6.47. The minimum atomic E-state index is -3.47. The summed E-state index contributed by atoms with van der Waals surface area (Å²) in [4.78, 5) is 29.6. The maximum Gasteiger partial charge on any atom is 0.369 e. The molecule has 14 heteroatoms. The van der Waals surface area contributed by atoms with Gasteiger partial charge in [0.15, 0.2) is 11.5 Å². The van der Waals surface area contributed by atoms with Crippen LogP contribution in [0.3, 0.4) is 0 Å². The van der Waals surface area contributed by atoms with Gasteiger partial charge in [-0.2, -0.15) is 0 Å². The zero-order valence-corrected chi connectivity index (χ0v) is 19.5. The maximum atomic E-state index is 12.6. The third-order valence-electron chi connectivity index (χ3n) is 6.47. The van der Waals surface area contributed by atoms with Crippen LogP contribution in [0, 0.1) is 11.3 Å². The fraction of sp³-hybridized carbons (Fsp3) is 0.409. The van der Waals surface area contributed by atoms with Gasteiger partial charge in [-0.1, -0.05) is 12.1 Å². The van der Waals surface area contributed by atoms with Gasteiger partial charge in [0.05, 0.1) is 18.5 Å². The number of methoxy groups -OCH3 is 1. The Kier molecular flexibility index (Phi) is 5.75. The van der Waals surface area contributed by atoms with Gasteiger partial charge in [0.2, 0.25) is 5.91 Å². The van der Waals surface area contributed by atoms with E-state index < -0.39 is 18.2 Å². The number of hydrogen-bond acceptors (Lipinski definition) is 12. The predicted molar refractivity (Wildman–Crippen MR) is 126 cm³/mol. The first-order chi connectivity index (χ1) is 17.1. The molecule has 2 fully saturated rings. The van der Waals surface area contributed by atoms with Gasteiger partial charge in [-0.3, -0.25) is 19.9 Å². The van der Waals surface area contributed by atoms with Crippen LogP contribution >= 0.6 is 0 Å². The van der Waals surface area contributed by atoms with E-state index in [1.807, 2.05) is 6.07 Å². The lowest BCUT2D eigenvalue weighted by Gasteiger charge is -2.20. The molecule has 2 aromatic rings. The van der Waals surface area contributed by atoms with E-state index in [0.717, 1.165) is 19.3 Å². The van der Waals surface area contributed by atoms with E-state index in [4.69, 9.17) is 4.74 Å². The molecule has 3 aliphatic rings. The molecule has 1 aromatic heterocycles. The van der Waals surface area contributed by atoms with Crippen LogP contribution in [0.2, 0.25) is 0 Å². The highest BCUT2D eigenvalue weighted by atomic mass is 16.7. The summed E-state index contributed by atoms with van der Waals surface area (Å²) in [5.74, 6) is -0.839. The van der Waals surface area contributed by atoms with Crippen LogP contribution in [-0.2, 0) is 4.79 Å². The number of aliphatic hydroxyl groups is 3. The molecule has 14 nitrogen and oxygen atoms in total. The molecule has 1 unspecified atom stereocenters. The number of nitrogens with zero attached hydrogens (tertiary/aromatic N) is 4. The summed E-state index contributed by atoms with van der Waals surface area (Å²) in [6.07, 6.45) is 0.681. The quantitative estimate of drug-likeness (QED) is 0.238. The first-order valence-corrected chi connectivity index (χ1v) is 11.2. The highest BCUT2D eigenvalue weighted by Gasteiger charge is 2.65. The van der Waals surface area contributed by atoms with Gasteiger partial charge < -0.3 is 30.7 Å². The van der Waals surface area contributed by atoms with Crippen LogP contribution in [0.5, 0.6) is 5.75 Å². The van der Waals surface area contributed by atoms with Crippen molar-refractivity contribution < 1.29 is 29.6 Å². The van der Waals surface area contributed by atoms with Gasteiger partial charge in [0.25, 0.3) is 5.91 Å². The van der Waals surface area contributed by atoms with Crippen molar-refractivity contribution in [3.63, 3.8) is 0 Å². The number of carbonyl (C=O) groups is 2. The zero-order chi connectivity index (χ0) is 25.7. The van der Waals surface area contributed by atoms with E-state index in [2.05, 4.69) is 31.2 Å². The molecule has 0 saturated heterocycles. The van der Waals surface area contributed by atoms with Crippen molar-refractivity contribution in [2.45, 2.75) is 31.5 Å². The first-order valence-electron chi connectivity index (χ1n) is 11.2. The van der Waals surface area contributed by atoms with Crippen LogP contribution in [0.4, 0.5) is 17.2 Å². The average Bonchev–Trinajstić information content (AvgIpc) is 3.71. The third kappa shape index (κ3) is 4.79. The Morgan fingerprint density at radius 1 is 1.22 bits per heavy atom. The molecule has 2 heterocycles. The molecule has 1 aromatic carbocycles. The Bertz CT molecular complexity index is 1240. The molecular formula is C22H26N8O6. The maximum absolute atomic E-state index is 12.6. The Hall–Kier alpha value is -3.85. The van der Waals surface area contributed by atoms with E-state index in [1.165, 1.54) is 13.2 Å². The lowest BCUT2D eigenvalue weighted by molar-refractivity contribution is -0.323. The van der Waals surface area contributed by atoms with Gasteiger partial charge >= 0.3 is 6.10 Å². The van der Waals surface area contributed by atoms with Crippen molar-refractivity contribution in [1.82, 2.24) is 25.9 Å². The molecule has 2 atom stereocenters. The molecule has 0 bridgehead atoms. The summed E-state index contributed by atoms with van der Waals surface area (Å²) in [5, 5.41) is 44.4. The molecule has 2 amide bonds. The van der Waals surface area contributed by atoms with Crippen LogP contribution in [0.15, 0.2) is 29.3 Å². The highest BCUT2D eigenvalue weighted by Crippen LogP contribution is 2.70. The van der Waals surface area contributed by atoms with Crippen LogP contribution in [0.1, 0.15) is 41.5 Å². The Labute approximate surface area is 205 Å². The second kappa shape index (κ2) is 8.67. The van der Waals surface area contributed by atoms with Gasteiger partial charge in [-0.15, -0.1) is 10.2 Å². The van der Waals surface area contributed by atoms with Crippen molar-refractivity contribution >= 4 is 35.3 Å². The normalized spacial score (nSPS) is 21.3. The number of hydrogen-bond donors (Lipinski definition) is 7. The Morgan fingerprint density at radius 2 is 2.00 bits per heavy atom. The highest BCUT2D eigenvalue weighted by molar-refractivity contribution is 6.00. The summed E-state index contributed by atoms with van der Waals surface area (Å²) >= 11 is 0. The number of amides is 2. The molecule has 190 valence electrons.